The third kappa shape index (κ3) is 9.03. The van der Waals surface area contributed by atoms with E-state index in [2.05, 4.69) is 72.9 Å². The SMILES string of the molecule is CCCC/C=C\CCCCCCCC(=O)OC[N+]1(C)CCc2c(c3cc(C)ccc3n2CCc2ccc(C)nc2)C1. The molecule has 1 aromatic carbocycles. The molecule has 41 heavy (non-hydrogen) atoms. The fraction of sp³-hybridized carbons (Fsp3) is 0.556. The van der Waals surface area contributed by atoms with Gasteiger partial charge < -0.3 is 9.30 Å². The van der Waals surface area contributed by atoms with E-state index in [1.807, 2.05) is 13.1 Å². The number of benzene rings is 1. The van der Waals surface area contributed by atoms with Crippen LogP contribution >= 0.6 is 0 Å². The molecule has 0 bridgehead atoms. The summed E-state index contributed by atoms with van der Waals surface area (Å²) in [6, 6.07) is 11.1. The van der Waals surface area contributed by atoms with E-state index in [-0.39, 0.29) is 5.97 Å². The monoisotopic (exact) mass is 558 g/mol. The number of carbonyl (C=O) groups excluding carboxylic acids is 1. The zero-order chi connectivity index (χ0) is 29.1. The average molecular weight is 559 g/mol. The van der Waals surface area contributed by atoms with Crippen LogP contribution in [0.15, 0.2) is 48.7 Å². The number of rotatable bonds is 16. The van der Waals surface area contributed by atoms with Crippen LogP contribution in [-0.4, -0.2) is 40.3 Å². The molecule has 0 radical (unpaired) electrons. The van der Waals surface area contributed by atoms with E-state index in [0.29, 0.717) is 13.2 Å². The summed E-state index contributed by atoms with van der Waals surface area (Å²) < 4.78 is 9.14. The maximum absolute atomic E-state index is 12.6. The van der Waals surface area contributed by atoms with Crippen molar-refractivity contribution in [1.82, 2.24) is 9.55 Å². The molecule has 5 nitrogen and oxygen atoms in total. The molecule has 0 aliphatic carbocycles. The molecule has 222 valence electrons. The van der Waals surface area contributed by atoms with Crippen molar-refractivity contribution < 1.29 is 14.0 Å². The van der Waals surface area contributed by atoms with Crippen LogP contribution in [0.3, 0.4) is 0 Å². The molecule has 4 rings (SSSR count). The van der Waals surface area contributed by atoms with Crippen LogP contribution in [0.1, 0.15) is 99.2 Å². The summed E-state index contributed by atoms with van der Waals surface area (Å²) in [6.07, 6.45) is 19.9. The Bertz CT molecular complexity index is 1290. The molecule has 5 heteroatoms. The van der Waals surface area contributed by atoms with Crippen LogP contribution in [0.5, 0.6) is 0 Å². The lowest BCUT2D eigenvalue weighted by molar-refractivity contribution is -0.940. The normalized spacial score (nSPS) is 16.9. The maximum atomic E-state index is 12.6. The van der Waals surface area contributed by atoms with Gasteiger partial charge in [-0.05, 0) is 69.7 Å². The Morgan fingerprint density at radius 2 is 1.80 bits per heavy atom. The summed E-state index contributed by atoms with van der Waals surface area (Å²) in [7, 11) is 2.24. The number of aryl methyl sites for hydroxylation is 4. The number of unbranched alkanes of at least 4 members (excludes halogenated alkanes) is 7. The van der Waals surface area contributed by atoms with Gasteiger partial charge in [0, 0.05) is 53.4 Å². The molecule has 0 saturated carbocycles. The van der Waals surface area contributed by atoms with Gasteiger partial charge in [-0.15, -0.1) is 0 Å². The Morgan fingerprint density at radius 1 is 1.02 bits per heavy atom. The van der Waals surface area contributed by atoms with Gasteiger partial charge in [0.15, 0.2) is 0 Å². The smallest absolute Gasteiger partial charge is 0.310 e. The number of esters is 1. The van der Waals surface area contributed by atoms with Crippen molar-refractivity contribution in [2.75, 3.05) is 20.3 Å². The summed E-state index contributed by atoms with van der Waals surface area (Å²) >= 11 is 0. The minimum atomic E-state index is -0.0426. The van der Waals surface area contributed by atoms with Crippen molar-refractivity contribution >= 4 is 16.9 Å². The molecule has 0 N–H and O–H groups in total. The van der Waals surface area contributed by atoms with Crippen LogP contribution in [0, 0.1) is 13.8 Å². The summed E-state index contributed by atoms with van der Waals surface area (Å²) in [5.74, 6) is -0.0426. The molecule has 0 spiro atoms. The van der Waals surface area contributed by atoms with Crippen molar-refractivity contribution in [3.05, 3.63) is 76.8 Å². The molecule has 3 aromatic rings. The van der Waals surface area contributed by atoms with E-state index in [0.717, 1.165) is 55.5 Å². The first kappa shape index (κ1) is 31.0. The van der Waals surface area contributed by atoms with Gasteiger partial charge in [0.1, 0.15) is 6.54 Å². The van der Waals surface area contributed by atoms with Crippen molar-refractivity contribution in [3.63, 3.8) is 0 Å². The van der Waals surface area contributed by atoms with Gasteiger partial charge >= 0.3 is 5.97 Å². The van der Waals surface area contributed by atoms with E-state index in [1.54, 1.807) is 0 Å². The zero-order valence-corrected chi connectivity index (χ0v) is 26.1. The number of pyridine rings is 1. The summed E-state index contributed by atoms with van der Waals surface area (Å²) in [6.45, 7) is 9.73. The van der Waals surface area contributed by atoms with Crippen LogP contribution in [0.4, 0.5) is 0 Å². The predicted octanol–water partition coefficient (Wildman–Crippen LogP) is 8.38. The highest BCUT2D eigenvalue weighted by atomic mass is 16.5. The fourth-order valence-electron chi connectivity index (χ4n) is 6.06. The highest BCUT2D eigenvalue weighted by Crippen LogP contribution is 2.34. The standard InChI is InChI=1S/C36H52N3O2/c1-5-6-7-8-9-10-11-12-13-14-15-16-36(40)41-28-39(4)24-22-35-33(27-39)32-25-29(2)17-20-34(32)38(35)23-21-31-19-18-30(3)37-26-31/h8-9,17-20,25-26H,5-7,10-16,21-24,27-28H2,1-4H3/q+1/b9-8-. The van der Waals surface area contributed by atoms with Gasteiger partial charge in [-0.2, -0.15) is 0 Å². The summed E-state index contributed by atoms with van der Waals surface area (Å²) in [5.41, 5.74) is 7.81. The van der Waals surface area contributed by atoms with Gasteiger partial charge in [-0.3, -0.25) is 14.3 Å². The molecule has 0 saturated heterocycles. The van der Waals surface area contributed by atoms with E-state index in [4.69, 9.17) is 4.74 Å². The van der Waals surface area contributed by atoms with Gasteiger partial charge in [-0.25, -0.2) is 0 Å². The molecular weight excluding hydrogens is 506 g/mol. The average Bonchev–Trinajstić information content (AvgIpc) is 3.26. The quantitative estimate of drug-likeness (QED) is 0.0768. The van der Waals surface area contributed by atoms with E-state index in [1.165, 1.54) is 78.2 Å². The number of nitrogens with zero attached hydrogens (tertiary/aromatic N) is 3. The summed E-state index contributed by atoms with van der Waals surface area (Å²) in [5, 5.41) is 1.36. The molecule has 1 unspecified atom stereocenters. The Balaban J connectivity index is 1.26. The first-order valence-electron chi connectivity index (χ1n) is 16.0. The van der Waals surface area contributed by atoms with Crippen molar-refractivity contribution in [2.24, 2.45) is 0 Å². The van der Waals surface area contributed by atoms with E-state index >= 15 is 0 Å². The molecule has 3 heterocycles. The van der Waals surface area contributed by atoms with E-state index < -0.39 is 0 Å². The third-order valence-electron chi connectivity index (χ3n) is 8.65. The van der Waals surface area contributed by atoms with Gasteiger partial charge in [0.2, 0.25) is 6.73 Å². The second kappa shape index (κ2) is 15.3. The second-order valence-corrected chi connectivity index (χ2v) is 12.5. The molecule has 1 aliphatic rings. The lowest BCUT2D eigenvalue weighted by atomic mass is 10.0. The van der Waals surface area contributed by atoms with E-state index in [9.17, 15) is 4.79 Å². The number of quaternary nitrogens is 1. The van der Waals surface area contributed by atoms with Crippen LogP contribution < -0.4 is 0 Å². The molecule has 0 amide bonds. The summed E-state index contributed by atoms with van der Waals surface area (Å²) in [4.78, 5) is 17.1. The second-order valence-electron chi connectivity index (χ2n) is 12.5. The number of carbonyl (C=O) groups is 1. The number of ether oxygens (including phenoxy) is 1. The number of aromatic nitrogens is 2. The molecule has 2 aromatic heterocycles. The molecular formula is C36H52N3O2+. The number of hydrogen-bond acceptors (Lipinski definition) is 3. The first-order valence-corrected chi connectivity index (χ1v) is 16.0. The lowest BCUT2D eigenvalue weighted by Crippen LogP contribution is -2.49. The largest absolute Gasteiger partial charge is 0.415 e. The first-order chi connectivity index (χ1) is 19.9. The Labute approximate surface area is 248 Å². The Hall–Kier alpha value is -2.92. The fourth-order valence-corrected chi connectivity index (χ4v) is 6.06. The zero-order valence-electron chi connectivity index (χ0n) is 26.1. The number of hydrogen-bond donors (Lipinski definition) is 0. The maximum Gasteiger partial charge on any atom is 0.310 e. The van der Waals surface area contributed by atoms with Crippen LogP contribution in [-0.2, 0) is 35.5 Å². The number of allylic oxidation sites excluding steroid dienone is 2. The molecule has 1 atom stereocenters. The van der Waals surface area contributed by atoms with Crippen LogP contribution in [0.2, 0.25) is 0 Å². The lowest BCUT2D eigenvalue weighted by Gasteiger charge is -2.37. The highest BCUT2D eigenvalue weighted by molar-refractivity contribution is 5.86. The van der Waals surface area contributed by atoms with Crippen molar-refractivity contribution in [1.29, 1.82) is 0 Å². The number of fused-ring (bicyclic) bond motifs is 3. The Kier molecular flexibility index (Phi) is 11.6. The molecule has 0 fully saturated rings. The van der Waals surface area contributed by atoms with Crippen LogP contribution in [0.25, 0.3) is 10.9 Å². The Morgan fingerprint density at radius 3 is 2.59 bits per heavy atom. The number of likely N-dealkylation sites (N-methyl/N-ethyl adjacent to an activating group) is 1. The molecule has 1 aliphatic heterocycles. The third-order valence-corrected chi connectivity index (χ3v) is 8.65. The van der Waals surface area contributed by atoms with Gasteiger partial charge in [0.05, 0.1) is 13.6 Å². The minimum Gasteiger partial charge on any atom is -0.415 e. The van der Waals surface area contributed by atoms with Crippen molar-refractivity contribution in [3.8, 4) is 0 Å². The predicted molar refractivity (Wildman–Crippen MR) is 170 cm³/mol. The van der Waals surface area contributed by atoms with Gasteiger partial charge in [-0.1, -0.05) is 68.9 Å². The highest BCUT2D eigenvalue weighted by Gasteiger charge is 2.34. The van der Waals surface area contributed by atoms with Gasteiger partial charge in [0.25, 0.3) is 0 Å². The topological polar surface area (TPSA) is 44.1 Å². The van der Waals surface area contributed by atoms with Crippen molar-refractivity contribution in [2.45, 2.75) is 111 Å². The minimum absolute atomic E-state index is 0.0426.